The highest BCUT2D eigenvalue weighted by Gasteiger charge is 2.11. The van der Waals surface area contributed by atoms with Crippen LogP contribution in [0.1, 0.15) is 5.76 Å². The van der Waals surface area contributed by atoms with Gasteiger partial charge in [0.05, 0.1) is 12.1 Å². The van der Waals surface area contributed by atoms with E-state index < -0.39 is 5.91 Å². The molecule has 7 nitrogen and oxygen atoms in total. The number of fused-ring (bicyclic) bond motifs is 1. The summed E-state index contributed by atoms with van der Waals surface area (Å²) in [5.41, 5.74) is 3.56. The summed E-state index contributed by atoms with van der Waals surface area (Å²) < 4.78 is 16.8. The molecule has 5 rings (SSSR count). The maximum atomic E-state index is 12.3. The van der Waals surface area contributed by atoms with Crippen molar-refractivity contribution in [2.45, 2.75) is 0 Å². The van der Waals surface area contributed by atoms with Crippen LogP contribution >= 0.6 is 35.4 Å². The number of benzene rings is 3. The number of carbonyl (C=O) groups is 1. The van der Waals surface area contributed by atoms with Crippen LogP contribution in [0, 0.1) is 0 Å². The molecular weight excluding hydrogens is 545 g/mol. The molecule has 0 aliphatic carbocycles. The number of ether oxygens (including phenoxy) is 1. The number of hydrogen-bond acceptors (Lipinski definition) is 6. The molecule has 38 heavy (non-hydrogen) atoms. The van der Waals surface area contributed by atoms with Gasteiger partial charge in [-0.3, -0.25) is 10.1 Å². The van der Waals surface area contributed by atoms with Crippen LogP contribution in [0.4, 0.5) is 5.69 Å². The van der Waals surface area contributed by atoms with Crippen LogP contribution in [-0.2, 0) is 4.79 Å². The van der Waals surface area contributed by atoms with Gasteiger partial charge in [0.2, 0.25) is 11.8 Å². The Balaban J connectivity index is 1.17. The van der Waals surface area contributed by atoms with Gasteiger partial charge in [-0.15, -0.1) is 0 Å². The number of thiocarbonyl (C=S) groups is 1. The molecule has 2 heterocycles. The summed E-state index contributed by atoms with van der Waals surface area (Å²) in [5, 5.41) is 6.73. The van der Waals surface area contributed by atoms with Gasteiger partial charge in [0.25, 0.3) is 0 Å². The van der Waals surface area contributed by atoms with E-state index in [1.54, 1.807) is 37.4 Å². The van der Waals surface area contributed by atoms with E-state index in [9.17, 15) is 4.79 Å². The first-order chi connectivity index (χ1) is 18.4. The quantitative estimate of drug-likeness (QED) is 0.162. The van der Waals surface area contributed by atoms with E-state index in [4.69, 9.17) is 49.0 Å². The van der Waals surface area contributed by atoms with Crippen LogP contribution < -0.4 is 15.4 Å². The molecule has 0 atom stereocenters. The number of furan rings is 1. The van der Waals surface area contributed by atoms with Gasteiger partial charge >= 0.3 is 0 Å². The summed E-state index contributed by atoms with van der Waals surface area (Å²) in [6, 6.07) is 21.4. The third-order valence-electron chi connectivity index (χ3n) is 5.44. The molecular formula is C28H19Cl2N3O4S. The second kappa shape index (κ2) is 11.1. The number of rotatable bonds is 6. The molecule has 3 aromatic carbocycles. The lowest BCUT2D eigenvalue weighted by Crippen LogP contribution is -2.32. The van der Waals surface area contributed by atoms with E-state index in [1.807, 2.05) is 42.5 Å². The minimum atomic E-state index is -0.413. The summed E-state index contributed by atoms with van der Waals surface area (Å²) in [6.45, 7) is 0. The van der Waals surface area contributed by atoms with E-state index in [2.05, 4.69) is 15.6 Å². The Morgan fingerprint density at radius 2 is 1.82 bits per heavy atom. The number of hydrogen-bond donors (Lipinski definition) is 2. The van der Waals surface area contributed by atoms with Crippen LogP contribution in [0.2, 0.25) is 10.0 Å². The monoisotopic (exact) mass is 563 g/mol. The Kier molecular flexibility index (Phi) is 7.46. The standard InChI is InChI=1S/C28H19Cl2N3O4S/c1-35-20-8-12-25-23(15-20)32-27(37-25)16-2-5-18(6-3-16)31-28(38)33-26(34)13-9-19-7-11-24(36-19)21-10-4-17(29)14-22(21)30/h2-15H,1H3,(H2,31,33,34,38). The van der Waals surface area contributed by atoms with Crippen LogP contribution in [0.15, 0.2) is 87.7 Å². The predicted molar refractivity (Wildman–Crippen MR) is 154 cm³/mol. The lowest BCUT2D eigenvalue weighted by molar-refractivity contribution is -0.115. The Bertz CT molecular complexity index is 1680. The second-order valence-corrected chi connectivity index (χ2v) is 9.28. The number of anilines is 1. The van der Waals surface area contributed by atoms with Gasteiger partial charge in [0.1, 0.15) is 22.8 Å². The number of oxazole rings is 1. The van der Waals surface area contributed by atoms with Crippen molar-refractivity contribution in [3.05, 3.63) is 94.7 Å². The number of methoxy groups -OCH3 is 1. The summed E-state index contributed by atoms with van der Waals surface area (Å²) in [5.74, 6) is 1.82. The van der Waals surface area contributed by atoms with Crippen LogP contribution in [0.5, 0.6) is 5.75 Å². The highest BCUT2D eigenvalue weighted by molar-refractivity contribution is 7.80. The van der Waals surface area contributed by atoms with Crippen molar-refractivity contribution in [2.75, 3.05) is 12.4 Å². The minimum Gasteiger partial charge on any atom is -0.497 e. The van der Waals surface area contributed by atoms with Crippen LogP contribution in [-0.4, -0.2) is 23.1 Å². The highest BCUT2D eigenvalue weighted by atomic mass is 35.5. The number of aromatic nitrogens is 1. The van der Waals surface area contributed by atoms with E-state index in [-0.39, 0.29) is 5.11 Å². The summed E-state index contributed by atoms with van der Waals surface area (Å²) in [6.07, 6.45) is 2.86. The van der Waals surface area contributed by atoms with E-state index in [0.717, 1.165) is 5.56 Å². The van der Waals surface area contributed by atoms with Crippen molar-refractivity contribution < 1.29 is 18.4 Å². The fraction of sp³-hybridized carbons (Fsp3) is 0.0357. The normalized spacial score (nSPS) is 11.1. The largest absolute Gasteiger partial charge is 0.497 e. The molecule has 2 aromatic heterocycles. The number of carbonyl (C=O) groups excluding carboxylic acids is 1. The minimum absolute atomic E-state index is 0.148. The maximum Gasteiger partial charge on any atom is 0.250 e. The smallest absolute Gasteiger partial charge is 0.250 e. The second-order valence-electron chi connectivity index (χ2n) is 8.03. The first kappa shape index (κ1) is 25.5. The summed E-state index contributed by atoms with van der Waals surface area (Å²) >= 11 is 17.4. The van der Waals surface area contributed by atoms with Gasteiger partial charge in [0.15, 0.2) is 10.7 Å². The van der Waals surface area contributed by atoms with Crippen LogP contribution in [0.25, 0.3) is 40.0 Å². The molecule has 0 aliphatic heterocycles. The van der Waals surface area contributed by atoms with Crippen molar-refractivity contribution in [1.29, 1.82) is 0 Å². The third-order valence-corrected chi connectivity index (χ3v) is 6.20. The van der Waals surface area contributed by atoms with Crippen molar-refractivity contribution >= 4 is 69.3 Å². The van der Waals surface area contributed by atoms with Crippen molar-refractivity contribution in [3.63, 3.8) is 0 Å². The van der Waals surface area contributed by atoms with Gasteiger partial charge in [-0.2, -0.15) is 0 Å². The molecule has 0 aliphatic rings. The molecule has 10 heteroatoms. The van der Waals surface area contributed by atoms with Gasteiger partial charge in [0, 0.05) is 34.0 Å². The molecule has 0 radical (unpaired) electrons. The zero-order valence-corrected chi connectivity index (χ0v) is 22.2. The van der Waals surface area contributed by atoms with E-state index >= 15 is 0 Å². The zero-order valence-electron chi connectivity index (χ0n) is 19.8. The van der Waals surface area contributed by atoms with Gasteiger partial charge in [-0.1, -0.05) is 23.2 Å². The number of nitrogens with zero attached hydrogens (tertiary/aromatic N) is 1. The Morgan fingerprint density at radius 3 is 2.58 bits per heavy atom. The van der Waals surface area contributed by atoms with Gasteiger partial charge < -0.3 is 18.9 Å². The number of nitrogens with one attached hydrogen (secondary N) is 2. The zero-order chi connectivity index (χ0) is 26.6. The highest BCUT2D eigenvalue weighted by Crippen LogP contribution is 2.32. The van der Waals surface area contributed by atoms with Crippen molar-refractivity contribution in [2.24, 2.45) is 0 Å². The Hall–Kier alpha value is -4.11. The van der Waals surface area contributed by atoms with Gasteiger partial charge in [-0.05, 0) is 85.0 Å². The van der Waals surface area contributed by atoms with Gasteiger partial charge in [-0.25, -0.2) is 4.98 Å². The first-order valence-corrected chi connectivity index (χ1v) is 12.4. The maximum absolute atomic E-state index is 12.3. The average Bonchev–Trinajstić information content (AvgIpc) is 3.54. The Labute approximate surface area is 233 Å². The summed E-state index contributed by atoms with van der Waals surface area (Å²) in [7, 11) is 1.60. The predicted octanol–water partition coefficient (Wildman–Crippen LogP) is 7.60. The number of amides is 1. The number of halogens is 2. The molecule has 0 unspecified atom stereocenters. The molecule has 190 valence electrons. The SMILES string of the molecule is COc1ccc2oc(-c3ccc(NC(=S)NC(=O)C=Cc4ccc(-c5ccc(Cl)cc5Cl)o4)cc3)nc2c1. The molecule has 0 saturated carbocycles. The lowest BCUT2D eigenvalue weighted by atomic mass is 10.2. The molecule has 0 spiro atoms. The molecule has 0 fully saturated rings. The fourth-order valence-electron chi connectivity index (χ4n) is 3.60. The Morgan fingerprint density at radius 1 is 1.00 bits per heavy atom. The molecule has 2 N–H and O–H groups in total. The van der Waals surface area contributed by atoms with E-state index in [1.165, 1.54) is 12.2 Å². The van der Waals surface area contributed by atoms with Crippen LogP contribution in [0.3, 0.4) is 0 Å². The topological polar surface area (TPSA) is 89.5 Å². The molecule has 5 aromatic rings. The lowest BCUT2D eigenvalue weighted by Gasteiger charge is -2.08. The van der Waals surface area contributed by atoms with Crippen molar-refractivity contribution in [1.82, 2.24) is 10.3 Å². The molecule has 0 saturated heterocycles. The third kappa shape index (κ3) is 5.89. The summed E-state index contributed by atoms with van der Waals surface area (Å²) in [4.78, 5) is 16.8. The van der Waals surface area contributed by atoms with E-state index in [0.29, 0.717) is 55.6 Å². The first-order valence-electron chi connectivity index (χ1n) is 11.3. The molecule has 1 amide bonds. The molecule has 0 bridgehead atoms. The van der Waals surface area contributed by atoms with Crippen molar-refractivity contribution in [3.8, 4) is 28.5 Å². The average molecular weight is 564 g/mol. The fourth-order valence-corrected chi connectivity index (χ4v) is 4.32.